The predicted molar refractivity (Wildman–Crippen MR) is 69.5 cm³/mol. The average molecular weight is 314 g/mol. The topological polar surface area (TPSA) is 63.2 Å². The van der Waals surface area contributed by atoms with Gasteiger partial charge in [0, 0.05) is 17.6 Å². The van der Waals surface area contributed by atoms with Crippen LogP contribution in [0.1, 0.15) is 27.2 Å². The number of carbonyl (C=O) groups excluding carboxylic acids is 1. The predicted octanol–water partition coefficient (Wildman–Crippen LogP) is 1.35. The summed E-state index contributed by atoms with van der Waals surface area (Å²) in [7, 11) is -3.31. The average Bonchev–Trinajstić information content (AvgIpc) is 2.14. The number of hydrogen-bond acceptors (Lipinski definition) is 3. The summed E-state index contributed by atoms with van der Waals surface area (Å²) >= 11 is 3.32. The van der Waals surface area contributed by atoms with Crippen molar-refractivity contribution >= 4 is 31.7 Å². The van der Waals surface area contributed by atoms with Gasteiger partial charge in [-0.1, -0.05) is 29.8 Å². The number of rotatable bonds is 6. The first kappa shape index (κ1) is 15.9. The Hall–Kier alpha value is -0.100. The lowest BCUT2D eigenvalue weighted by molar-refractivity contribution is -0.121. The SMILES string of the molecule is CC(C)C(CCBr)NC(=O)C(C)S(C)(=O)=O. The van der Waals surface area contributed by atoms with E-state index in [1.54, 1.807) is 0 Å². The maximum absolute atomic E-state index is 11.7. The van der Waals surface area contributed by atoms with Crippen molar-refractivity contribution in [3.63, 3.8) is 0 Å². The molecule has 0 bridgehead atoms. The van der Waals surface area contributed by atoms with Crippen molar-refractivity contribution in [3.05, 3.63) is 0 Å². The maximum atomic E-state index is 11.7. The molecule has 6 heteroatoms. The fourth-order valence-corrected chi connectivity index (χ4v) is 2.13. The summed E-state index contributed by atoms with van der Waals surface area (Å²) in [6.45, 7) is 5.41. The second-order valence-corrected chi connectivity index (χ2v) is 7.47. The molecule has 0 aliphatic rings. The molecule has 0 heterocycles. The number of hydrogen-bond donors (Lipinski definition) is 1. The third-order valence-corrected chi connectivity index (χ3v) is 4.52. The molecule has 2 atom stereocenters. The van der Waals surface area contributed by atoms with E-state index in [4.69, 9.17) is 0 Å². The van der Waals surface area contributed by atoms with E-state index in [-0.39, 0.29) is 12.0 Å². The van der Waals surface area contributed by atoms with Crippen LogP contribution in [0.25, 0.3) is 0 Å². The number of nitrogens with one attached hydrogen (secondary N) is 1. The van der Waals surface area contributed by atoms with Gasteiger partial charge < -0.3 is 5.32 Å². The van der Waals surface area contributed by atoms with Gasteiger partial charge >= 0.3 is 0 Å². The van der Waals surface area contributed by atoms with Crippen molar-refractivity contribution in [2.75, 3.05) is 11.6 Å². The van der Waals surface area contributed by atoms with Gasteiger partial charge in [0.2, 0.25) is 5.91 Å². The van der Waals surface area contributed by atoms with E-state index >= 15 is 0 Å². The van der Waals surface area contributed by atoms with E-state index in [1.165, 1.54) is 6.92 Å². The Morgan fingerprint density at radius 1 is 1.31 bits per heavy atom. The Morgan fingerprint density at radius 3 is 2.12 bits per heavy atom. The Kier molecular flexibility index (Phi) is 6.55. The highest BCUT2D eigenvalue weighted by molar-refractivity contribution is 9.09. The molecule has 1 amide bonds. The Bertz CT molecular complexity index is 327. The van der Waals surface area contributed by atoms with Crippen LogP contribution in [0.4, 0.5) is 0 Å². The minimum atomic E-state index is -3.31. The molecule has 0 aliphatic heterocycles. The summed E-state index contributed by atoms with van der Waals surface area (Å²) in [6, 6.07) is 0.0103. The van der Waals surface area contributed by atoms with Crippen molar-refractivity contribution < 1.29 is 13.2 Å². The van der Waals surface area contributed by atoms with Crippen LogP contribution in [-0.2, 0) is 14.6 Å². The van der Waals surface area contributed by atoms with E-state index in [0.717, 1.165) is 18.0 Å². The quantitative estimate of drug-likeness (QED) is 0.753. The highest BCUT2D eigenvalue weighted by atomic mass is 79.9. The van der Waals surface area contributed by atoms with Crippen LogP contribution in [0.15, 0.2) is 0 Å². The van der Waals surface area contributed by atoms with Crippen molar-refractivity contribution in [3.8, 4) is 0 Å². The van der Waals surface area contributed by atoms with Crippen molar-refractivity contribution in [1.82, 2.24) is 5.32 Å². The zero-order valence-electron chi connectivity index (χ0n) is 10.2. The van der Waals surface area contributed by atoms with E-state index in [9.17, 15) is 13.2 Å². The van der Waals surface area contributed by atoms with Gasteiger partial charge in [0.05, 0.1) is 0 Å². The van der Waals surface area contributed by atoms with Crippen molar-refractivity contribution in [2.24, 2.45) is 5.92 Å². The lowest BCUT2D eigenvalue weighted by Crippen LogP contribution is -2.45. The van der Waals surface area contributed by atoms with Gasteiger partial charge in [-0.25, -0.2) is 8.42 Å². The molecular weight excluding hydrogens is 294 g/mol. The molecule has 0 aromatic rings. The third-order valence-electron chi connectivity index (χ3n) is 2.56. The zero-order valence-corrected chi connectivity index (χ0v) is 12.6. The van der Waals surface area contributed by atoms with Gasteiger partial charge in [-0.05, 0) is 19.3 Å². The van der Waals surface area contributed by atoms with Crippen LogP contribution in [0, 0.1) is 5.92 Å². The molecule has 16 heavy (non-hydrogen) atoms. The molecule has 0 aromatic carbocycles. The van der Waals surface area contributed by atoms with Gasteiger partial charge in [0.25, 0.3) is 0 Å². The normalized spacial score (nSPS) is 15.9. The molecule has 0 saturated heterocycles. The molecule has 2 unspecified atom stereocenters. The number of alkyl halides is 1. The van der Waals surface area contributed by atoms with Gasteiger partial charge in [0.1, 0.15) is 5.25 Å². The smallest absolute Gasteiger partial charge is 0.238 e. The van der Waals surface area contributed by atoms with Crippen molar-refractivity contribution in [2.45, 2.75) is 38.5 Å². The number of amides is 1. The maximum Gasteiger partial charge on any atom is 0.238 e. The monoisotopic (exact) mass is 313 g/mol. The van der Waals surface area contributed by atoms with E-state index in [2.05, 4.69) is 21.2 Å². The largest absolute Gasteiger partial charge is 0.352 e. The fourth-order valence-electron chi connectivity index (χ4n) is 1.18. The second kappa shape index (κ2) is 6.59. The van der Waals surface area contributed by atoms with Crippen LogP contribution in [0.3, 0.4) is 0 Å². The Labute approximate surface area is 106 Å². The van der Waals surface area contributed by atoms with Gasteiger partial charge in [0.15, 0.2) is 9.84 Å². The summed E-state index contributed by atoms with van der Waals surface area (Å²) in [5.41, 5.74) is 0. The molecule has 0 rings (SSSR count). The fraction of sp³-hybridized carbons (Fsp3) is 0.900. The van der Waals surface area contributed by atoms with Crippen LogP contribution >= 0.6 is 15.9 Å². The zero-order chi connectivity index (χ0) is 12.9. The summed E-state index contributed by atoms with van der Waals surface area (Å²) < 4.78 is 22.4. The first-order chi connectivity index (χ1) is 7.20. The number of carbonyl (C=O) groups is 1. The molecule has 0 radical (unpaired) electrons. The van der Waals surface area contributed by atoms with Crippen LogP contribution in [-0.4, -0.2) is 37.2 Å². The minimum absolute atomic E-state index is 0.0103. The molecule has 96 valence electrons. The van der Waals surface area contributed by atoms with Crippen LogP contribution in [0.2, 0.25) is 0 Å². The molecular formula is C10H20BrNO3S. The lowest BCUT2D eigenvalue weighted by Gasteiger charge is -2.23. The van der Waals surface area contributed by atoms with Crippen LogP contribution in [0.5, 0.6) is 0 Å². The molecule has 0 saturated carbocycles. The minimum Gasteiger partial charge on any atom is -0.352 e. The highest BCUT2D eigenvalue weighted by Gasteiger charge is 2.26. The van der Waals surface area contributed by atoms with Gasteiger partial charge in [-0.3, -0.25) is 4.79 Å². The van der Waals surface area contributed by atoms with E-state index in [1.807, 2.05) is 13.8 Å². The summed E-state index contributed by atoms with van der Waals surface area (Å²) in [4.78, 5) is 11.7. The first-order valence-electron chi connectivity index (χ1n) is 5.25. The molecule has 0 aliphatic carbocycles. The van der Waals surface area contributed by atoms with Gasteiger partial charge in [-0.15, -0.1) is 0 Å². The Balaban J connectivity index is 4.53. The number of sulfone groups is 1. The standard InChI is InChI=1S/C10H20BrNO3S/c1-7(2)9(5-6-11)12-10(13)8(3)16(4,14)15/h7-9H,5-6H2,1-4H3,(H,12,13). The van der Waals surface area contributed by atoms with E-state index in [0.29, 0.717) is 0 Å². The van der Waals surface area contributed by atoms with E-state index < -0.39 is 21.0 Å². The molecule has 0 aromatic heterocycles. The first-order valence-corrected chi connectivity index (χ1v) is 8.33. The third kappa shape index (κ3) is 5.30. The molecule has 4 nitrogen and oxygen atoms in total. The molecule has 0 fully saturated rings. The summed E-state index contributed by atoms with van der Waals surface area (Å²) in [5, 5.41) is 2.57. The van der Waals surface area contributed by atoms with Crippen molar-refractivity contribution in [1.29, 1.82) is 0 Å². The van der Waals surface area contributed by atoms with Crippen LogP contribution < -0.4 is 5.32 Å². The number of halogens is 1. The molecule has 1 N–H and O–H groups in total. The van der Waals surface area contributed by atoms with Gasteiger partial charge in [-0.2, -0.15) is 0 Å². The summed E-state index contributed by atoms with van der Waals surface area (Å²) in [5.74, 6) is -0.129. The molecule has 0 spiro atoms. The second-order valence-electron chi connectivity index (χ2n) is 4.31. The highest BCUT2D eigenvalue weighted by Crippen LogP contribution is 2.09. The Morgan fingerprint density at radius 2 is 1.81 bits per heavy atom. The summed E-state index contributed by atoms with van der Waals surface area (Å²) in [6.07, 6.45) is 1.87. The lowest BCUT2D eigenvalue weighted by atomic mass is 10.0.